The zero-order chi connectivity index (χ0) is 25.7. The molecule has 1 aliphatic rings. The lowest BCUT2D eigenvalue weighted by atomic mass is 9.94. The van der Waals surface area contributed by atoms with Gasteiger partial charge in [-0.15, -0.1) is 13.2 Å². The van der Waals surface area contributed by atoms with Gasteiger partial charge in [0.2, 0.25) is 0 Å². The highest BCUT2D eigenvalue weighted by molar-refractivity contribution is 5.89. The molecule has 1 saturated heterocycles. The van der Waals surface area contributed by atoms with E-state index >= 15 is 0 Å². The summed E-state index contributed by atoms with van der Waals surface area (Å²) in [7, 11) is 0. The molecule has 0 bridgehead atoms. The fourth-order valence-electron chi connectivity index (χ4n) is 4.05. The standard InChI is InChI=1S/C24H23F3N6O3/c1-23(2,3)36-22(34)32-12-15(13-32)20-19-18(31-11-10-28-14-31)8-9-29-21(19)33(30-20)16-4-6-17(7-5-16)35-24(25,26)27/h4-11,14-15H,12-13H2,1-3H3. The van der Waals surface area contributed by atoms with Gasteiger partial charge in [0.25, 0.3) is 0 Å². The van der Waals surface area contributed by atoms with Gasteiger partial charge in [0.1, 0.15) is 11.4 Å². The van der Waals surface area contributed by atoms with E-state index in [1.54, 1.807) is 34.5 Å². The highest BCUT2D eigenvalue weighted by atomic mass is 19.4. The number of hydrogen-bond donors (Lipinski definition) is 0. The second kappa shape index (κ2) is 8.54. The molecule has 0 saturated carbocycles. The summed E-state index contributed by atoms with van der Waals surface area (Å²) in [5.74, 6) is -0.414. The third-order valence-corrected chi connectivity index (χ3v) is 5.59. The van der Waals surface area contributed by atoms with E-state index < -0.39 is 18.1 Å². The van der Waals surface area contributed by atoms with Crippen LogP contribution in [0.4, 0.5) is 18.0 Å². The van der Waals surface area contributed by atoms with E-state index in [4.69, 9.17) is 9.84 Å². The van der Waals surface area contributed by atoms with Crippen molar-refractivity contribution in [2.45, 2.75) is 38.7 Å². The number of benzene rings is 1. The van der Waals surface area contributed by atoms with Crippen LogP contribution >= 0.6 is 0 Å². The molecule has 0 aliphatic carbocycles. The van der Waals surface area contributed by atoms with Gasteiger partial charge in [0, 0.05) is 37.6 Å². The van der Waals surface area contributed by atoms with Crippen molar-refractivity contribution in [3.8, 4) is 17.1 Å². The van der Waals surface area contributed by atoms with E-state index in [0.29, 0.717) is 24.4 Å². The van der Waals surface area contributed by atoms with E-state index in [0.717, 1.165) is 16.8 Å². The van der Waals surface area contributed by atoms with Gasteiger partial charge in [-0.2, -0.15) is 5.10 Å². The number of carbonyl (C=O) groups is 1. The van der Waals surface area contributed by atoms with E-state index in [1.165, 1.54) is 24.3 Å². The van der Waals surface area contributed by atoms with Crippen LogP contribution in [0.2, 0.25) is 0 Å². The molecule has 9 nitrogen and oxygen atoms in total. The summed E-state index contributed by atoms with van der Waals surface area (Å²) < 4.78 is 50.6. The predicted octanol–water partition coefficient (Wildman–Crippen LogP) is 4.84. The maximum Gasteiger partial charge on any atom is 0.573 e. The number of pyridine rings is 1. The van der Waals surface area contributed by atoms with Crippen molar-refractivity contribution >= 4 is 17.1 Å². The fraction of sp³-hybridized carbons (Fsp3) is 0.333. The number of ether oxygens (including phenoxy) is 2. The van der Waals surface area contributed by atoms with Gasteiger partial charge in [0.05, 0.1) is 28.8 Å². The first-order valence-electron chi connectivity index (χ1n) is 11.2. The first-order chi connectivity index (χ1) is 17.0. The van der Waals surface area contributed by atoms with Crippen molar-refractivity contribution < 1.29 is 27.4 Å². The predicted molar refractivity (Wildman–Crippen MR) is 123 cm³/mol. The lowest BCUT2D eigenvalue weighted by Crippen LogP contribution is -2.50. The van der Waals surface area contributed by atoms with Crippen LogP contribution in [0.15, 0.2) is 55.2 Å². The number of alkyl halides is 3. The van der Waals surface area contributed by atoms with E-state index in [2.05, 4.69) is 14.7 Å². The second-order valence-corrected chi connectivity index (χ2v) is 9.42. The van der Waals surface area contributed by atoms with Crippen LogP contribution in [0.3, 0.4) is 0 Å². The molecule has 0 N–H and O–H groups in total. The van der Waals surface area contributed by atoms with Gasteiger partial charge in [0.15, 0.2) is 5.65 Å². The summed E-state index contributed by atoms with van der Waals surface area (Å²) in [5.41, 5.74) is 1.95. The van der Waals surface area contributed by atoms with Gasteiger partial charge in [-0.25, -0.2) is 19.4 Å². The number of aromatic nitrogens is 5. The summed E-state index contributed by atoms with van der Waals surface area (Å²) in [4.78, 5) is 22.7. The molecule has 1 aromatic carbocycles. The Labute approximate surface area is 204 Å². The van der Waals surface area contributed by atoms with Gasteiger partial charge in [-0.1, -0.05) is 0 Å². The van der Waals surface area contributed by atoms with Gasteiger partial charge in [-0.3, -0.25) is 0 Å². The van der Waals surface area contributed by atoms with Crippen LogP contribution < -0.4 is 4.74 Å². The SMILES string of the molecule is CC(C)(C)OC(=O)N1CC(c2nn(-c3ccc(OC(F)(F)F)cc3)c3nccc(-n4ccnc4)c23)C1. The first-order valence-corrected chi connectivity index (χ1v) is 11.2. The number of imidazole rings is 1. The summed E-state index contributed by atoms with van der Waals surface area (Å²) in [6, 6.07) is 7.25. The lowest BCUT2D eigenvalue weighted by Gasteiger charge is -2.39. The van der Waals surface area contributed by atoms with Crippen molar-refractivity contribution in [3.05, 3.63) is 60.9 Å². The molecule has 188 valence electrons. The molecule has 36 heavy (non-hydrogen) atoms. The number of hydrogen-bond acceptors (Lipinski definition) is 6. The van der Waals surface area contributed by atoms with Crippen molar-refractivity contribution in [2.24, 2.45) is 0 Å². The average molecular weight is 500 g/mol. The number of amides is 1. The number of halogens is 3. The van der Waals surface area contributed by atoms with Crippen LogP contribution in [0.25, 0.3) is 22.4 Å². The minimum absolute atomic E-state index is 0.0828. The third kappa shape index (κ3) is 4.70. The number of nitrogens with zero attached hydrogens (tertiary/aromatic N) is 6. The van der Waals surface area contributed by atoms with Gasteiger partial charge >= 0.3 is 12.5 Å². The highest BCUT2D eigenvalue weighted by Crippen LogP contribution is 2.36. The summed E-state index contributed by atoms with van der Waals surface area (Å²) in [6.07, 6.45) is 1.58. The maximum absolute atomic E-state index is 12.6. The van der Waals surface area contributed by atoms with Crippen LogP contribution in [0.1, 0.15) is 32.4 Å². The van der Waals surface area contributed by atoms with E-state index in [-0.39, 0.29) is 11.7 Å². The molecule has 1 aliphatic heterocycles. The topological polar surface area (TPSA) is 87.3 Å². The summed E-state index contributed by atoms with van der Waals surface area (Å²) in [5, 5.41) is 5.57. The van der Waals surface area contributed by atoms with Crippen LogP contribution in [0, 0.1) is 0 Å². The quantitative estimate of drug-likeness (QED) is 0.399. The molecule has 0 atom stereocenters. The zero-order valence-corrected chi connectivity index (χ0v) is 19.7. The third-order valence-electron chi connectivity index (χ3n) is 5.59. The molecule has 0 radical (unpaired) electrons. The number of likely N-dealkylation sites (tertiary alicyclic amines) is 1. The summed E-state index contributed by atoms with van der Waals surface area (Å²) >= 11 is 0. The van der Waals surface area contributed by atoms with Crippen LogP contribution in [0.5, 0.6) is 5.75 Å². The number of carbonyl (C=O) groups excluding carboxylic acids is 1. The van der Waals surface area contributed by atoms with Crippen molar-refractivity contribution in [1.82, 2.24) is 29.2 Å². The molecule has 4 heterocycles. The van der Waals surface area contributed by atoms with Crippen molar-refractivity contribution in [2.75, 3.05) is 13.1 Å². The second-order valence-electron chi connectivity index (χ2n) is 9.42. The Morgan fingerprint density at radius 2 is 1.78 bits per heavy atom. The molecule has 1 amide bonds. The van der Waals surface area contributed by atoms with Crippen molar-refractivity contribution in [1.29, 1.82) is 0 Å². The van der Waals surface area contributed by atoms with Gasteiger partial charge < -0.3 is 18.9 Å². The molecule has 0 unspecified atom stereocenters. The Hall–Kier alpha value is -4.09. The van der Waals surface area contributed by atoms with Crippen LogP contribution in [-0.4, -0.2) is 60.4 Å². The smallest absolute Gasteiger partial charge is 0.444 e. The minimum Gasteiger partial charge on any atom is -0.444 e. The normalized spacial score (nSPS) is 14.7. The number of fused-ring (bicyclic) bond motifs is 1. The fourth-order valence-corrected chi connectivity index (χ4v) is 4.05. The number of rotatable bonds is 4. The molecule has 1 fully saturated rings. The molecule has 3 aromatic heterocycles. The lowest BCUT2D eigenvalue weighted by molar-refractivity contribution is -0.274. The van der Waals surface area contributed by atoms with Crippen LogP contribution in [-0.2, 0) is 4.74 Å². The first kappa shape index (κ1) is 23.6. The molecular formula is C24H23F3N6O3. The van der Waals surface area contributed by atoms with E-state index in [1.807, 2.05) is 31.4 Å². The molecule has 5 rings (SSSR count). The Balaban J connectivity index is 1.53. The summed E-state index contributed by atoms with van der Waals surface area (Å²) in [6.45, 7) is 6.26. The highest BCUT2D eigenvalue weighted by Gasteiger charge is 2.38. The average Bonchev–Trinajstić information content (AvgIpc) is 3.40. The maximum atomic E-state index is 12.6. The zero-order valence-electron chi connectivity index (χ0n) is 19.7. The monoisotopic (exact) mass is 500 g/mol. The molecule has 12 heteroatoms. The molecular weight excluding hydrogens is 477 g/mol. The molecule has 4 aromatic rings. The largest absolute Gasteiger partial charge is 0.573 e. The van der Waals surface area contributed by atoms with Gasteiger partial charge in [-0.05, 0) is 51.1 Å². The molecule has 0 spiro atoms. The Kier molecular flexibility index (Phi) is 5.61. The Morgan fingerprint density at radius 3 is 2.39 bits per heavy atom. The minimum atomic E-state index is -4.78. The Morgan fingerprint density at radius 1 is 1.06 bits per heavy atom. The Bertz CT molecular complexity index is 1390. The van der Waals surface area contributed by atoms with Crippen molar-refractivity contribution in [3.63, 3.8) is 0 Å². The van der Waals surface area contributed by atoms with E-state index in [9.17, 15) is 18.0 Å².